The van der Waals surface area contributed by atoms with Crippen molar-refractivity contribution in [3.05, 3.63) is 149 Å². The van der Waals surface area contributed by atoms with Gasteiger partial charge >= 0.3 is 6.18 Å². The topological polar surface area (TPSA) is 3.24 Å². The van der Waals surface area contributed by atoms with Crippen LogP contribution in [-0.4, -0.2) is 8.07 Å². The largest absolute Gasteiger partial charge is 0.416 e. The van der Waals surface area contributed by atoms with Gasteiger partial charge in [0.2, 0.25) is 0 Å². The molecule has 7 heteroatoms. The third-order valence-corrected chi connectivity index (χ3v) is 18.4. The molecule has 242 valence electrons. The van der Waals surface area contributed by atoms with Crippen LogP contribution in [0.25, 0.3) is 0 Å². The van der Waals surface area contributed by atoms with Crippen molar-refractivity contribution in [2.24, 2.45) is 0 Å². The van der Waals surface area contributed by atoms with Crippen molar-refractivity contribution in [1.82, 2.24) is 0 Å². The number of benzene rings is 6. The SMILES string of the molecule is Cc1ccc2c(c1)C(C)(C)c1cc(C)ccc1N2c1cc2c3c(c1)Sc1ccccc1[Si]3(c1ccc(C(F)(F)F)cc1)c1ccccc1S2. The molecule has 0 bridgehead atoms. The van der Waals surface area contributed by atoms with E-state index < -0.39 is 19.8 Å². The van der Waals surface area contributed by atoms with Crippen molar-refractivity contribution in [2.75, 3.05) is 4.90 Å². The highest BCUT2D eigenvalue weighted by atomic mass is 32.2. The van der Waals surface area contributed by atoms with E-state index in [0.29, 0.717) is 0 Å². The van der Waals surface area contributed by atoms with E-state index in [-0.39, 0.29) is 5.41 Å². The predicted octanol–water partition coefficient (Wildman–Crippen LogP) is 9.74. The van der Waals surface area contributed by atoms with E-state index >= 15 is 0 Å². The zero-order valence-electron chi connectivity index (χ0n) is 27.4. The fraction of sp³-hybridized carbons (Fsp3) is 0.143. The van der Waals surface area contributed by atoms with E-state index in [1.165, 1.54) is 71.1 Å². The molecule has 0 fully saturated rings. The number of fused-ring (bicyclic) bond motifs is 6. The molecule has 0 amide bonds. The highest BCUT2D eigenvalue weighted by Crippen LogP contribution is 2.54. The lowest BCUT2D eigenvalue weighted by Crippen LogP contribution is -2.78. The van der Waals surface area contributed by atoms with Crippen molar-refractivity contribution in [1.29, 1.82) is 0 Å². The molecule has 6 aromatic carbocycles. The first-order valence-corrected chi connectivity index (χ1v) is 20.0. The molecule has 9 rings (SSSR count). The van der Waals surface area contributed by atoms with E-state index in [2.05, 4.69) is 130 Å². The zero-order valence-corrected chi connectivity index (χ0v) is 30.1. The quantitative estimate of drug-likeness (QED) is 0.166. The summed E-state index contributed by atoms with van der Waals surface area (Å²) in [6.07, 6.45) is -4.40. The molecule has 0 saturated carbocycles. The molecule has 6 aromatic rings. The van der Waals surface area contributed by atoms with Crippen LogP contribution < -0.4 is 25.6 Å². The molecule has 0 saturated heterocycles. The van der Waals surface area contributed by atoms with Gasteiger partial charge in [0.15, 0.2) is 8.07 Å². The van der Waals surface area contributed by atoms with E-state index in [1.54, 1.807) is 35.7 Å². The van der Waals surface area contributed by atoms with Crippen LogP contribution in [0.3, 0.4) is 0 Å². The van der Waals surface area contributed by atoms with Crippen LogP contribution in [0, 0.1) is 13.8 Å². The van der Waals surface area contributed by atoms with Gasteiger partial charge in [0.05, 0.1) is 16.9 Å². The summed E-state index contributed by atoms with van der Waals surface area (Å²) in [7, 11) is -3.02. The van der Waals surface area contributed by atoms with E-state index in [9.17, 15) is 13.2 Å². The van der Waals surface area contributed by atoms with Gasteiger partial charge in [-0.1, -0.05) is 133 Å². The smallest absolute Gasteiger partial charge is 0.310 e. The number of hydrogen-bond acceptors (Lipinski definition) is 3. The second-order valence-corrected chi connectivity index (χ2v) is 19.7. The first-order chi connectivity index (χ1) is 23.5. The third-order valence-electron chi connectivity index (χ3n) is 10.5. The predicted molar refractivity (Wildman–Crippen MR) is 200 cm³/mol. The highest BCUT2D eigenvalue weighted by Gasteiger charge is 2.52. The minimum absolute atomic E-state index is 0.187. The minimum atomic E-state index is -4.40. The number of hydrogen-bond donors (Lipinski definition) is 0. The van der Waals surface area contributed by atoms with Crippen LogP contribution in [0.15, 0.2) is 141 Å². The molecule has 0 N–H and O–H groups in total. The summed E-state index contributed by atoms with van der Waals surface area (Å²) in [6, 6.07) is 41.4. The van der Waals surface area contributed by atoms with Crippen molar-refractivity contribution in [2.45, 2.75) is 58.9 Å². The molecule has 0 aliphatic carbocycles. The number of anilines is 3. The molecule has 0 spiro atoms. The fourth-order valence-corrected chi connectivity index (χ4v) is 17.5. The highest BCUT2D eigenvalue weighted by molar-refractivity contribution is 8.01. The number of nitrogens with zero attached hydrogens (tertiary/aromatic N) is 1. The monoisotopic (exact) mass is 699 g/mol. The third kappa shape index (κ3) is 4.41. The Balaban J connectivity index is 1.35. The van der Waals surface area contributed by atoms with Gasteiger partial charge in [-0.15, -0.1) is 0 Å². The molecule has 3 aliphatic heterocycles. The molecular formula is C42H32F3NS2Si. The van der Waals surface area contributed by atoms with Gasteiger partial charge in [0.1, 0.15) is 0 Å². The van der Waals surface area contributed by atoms with Gasteiger partial charge in [-0.2, -0.15) is 13.2 Å². The second-order valence-electron chi connectivity index (χ2n) is 13.8. The van der Waals surface area contributed by atoms with Crippen molar-refractivity contribution >= 4 is 69.4 Å². The van der Waals surface area contributed by atoms with E-state index in [1.807, 2.05) is 0 Å². The Kier molecular flexibility index (Phi) is 6.71. The number of rotatable bonds is 2. The molecule has 0 radical (unpaired) electrons. The summed E-state index contributed by atoms with van der Waals surface area (Å²) >= 11 is 3.57. The number of aryl methyl sites for hydroxylation is 2. The average Bonchev–Trinajstić information content (AvgIpc) is 3.08. The number of alkyl halides is 3. The maximum atomic E-state index is 13.9. The molecule has 0 aromatic heterocycles. The van der Waals surface area contributed by atoms with Crippen LogP contribution in [0.2, 0.25) is 0 Å². The van der Waals surface area contributed by atoms with Crippen molar-refractivity contribution in [3.63, 3.8) is 0 Å². The maximum absolute atomic E-state index is 13.9. The van der Waals surface area contributed by atoms with Gasteiger partial charge in [-0.25, -0.2) is 0 Å². The lowest BCUT2D eigenvalue weighted by molar-refractivity contribution is -0.137. The summed E-state index contributed by atoms with van der Waals surface area (Å²) < 4.78 is 41.6. The maximum Gasteiger partial charge on any atom is 0.416 e. The molecular weight excluding hydrogens is 668 g/mol. The minimum Gasteiger partial charge on any atom is -0.310 e. The first kappa shape index (κ1) is 30.9. The van der Waals surface area contributed by atoms with Crippen LogP contribution >= 0.6 is 23.5 Å². The van der Waals surface area contributed by atoms with Gasteiger partial charge in [0, 0.05) is 30.7 Å². The average molecular weight is 700 g/mol. The Morgan fingerprint density at radius 2 is 1.08 bits per heavy atom. The van der Waals surface area contributed by atoms with Crippen LogP contribution in [0.1, 0.15) is 41.7 Å². The van der Waals surface area contributed by atoms with Gasteiger partial charge < -0.3 is 4.90 Å². The van der Waals surface area contributed by atoms with Crippen molar-refractivity contribution < 1.29 is 13.2 Å². The number of halogens is 3. The standard InChI is InChI=1S/C42H32F3NS2Si/c1-25-13-19-32-30(21-25)41(3,4)31-22-26(2)14-20-33(31)46(32)28-23-36-40-37(24-28)48-35-10-6-8-12-39(35)49(40,38-11-7-5-9-34(38)47-36)29-17-15-27(16-18-29)42(43,44)45/h5-24H,1-4H3. The Morgan fingerprint density at radius 3 is 1.57 bits per heavy atom. The van der Waals surface area contributed by atoms with Crippen LogP contribution in [-0.2, 0) is 11.6 Å². The normalized spacial score (nSPS) is 16.2. The molecule has 1 nitrogen and oxygen atoms in total. The summed E-state index contributed by atoms with van der Waals surface area (Å²) in [4.78, 5) is 7.10. The van der Waals surface area contributed by atoms with Gasteiger partial charge in [0.25, 0.3) is 0 Å². The fourth-order valence-electron chi connectivity index (χ4n) is 8.23. The first-order valence-electron chi connectivity index (χ1n) is 16.4. The van der Waals surface area contributed by atoms with E-state index in [0.717, 1.165) is 20.7 Å². The second kappa shape index (κ2) is 10.7. The Hall–Kier alpha value is -4.17. The lowest BCUT2D eigenvalue weighted by atomic mass is 9.72. The Morgan fingerprint density at radius 1 is 0.592 bits per heavy atom. The van der Waals surface area contributed by atoms with Gasteiger partial charge in [-0.05, 0) is 82.1 Å². The summed E-state index contributed by atoms with van der Waals surface area (Å²) in [5.74, 6) is 0. The molecule has 0 unspecified atom stereocenters. The summed E-state index contributed by atoms with van der Waals surface area (Å²) in [5, 5.41) is 4.71. The van der Waals surface area contributed by atoms with Crippen LogP contribution in [0.4, 0.5) is 30.2 Å². The molecule has 0 atom stereocenters. The molecule has 3 aliphatic rings. The van der Waals surface area contributed by atoms with E-state index in [4.69, 9.17) is 0 Å². The lowest BCUT2D eigenvalue weighted by Gasteiger charge is -2.46. The zero-order chi connectivity index (χ0) is 33.9. The molecule has 49 heavy (non-hydrogen) atoms. The Bertz CT molecular complexity index is 2220. The van der Waals surface area contributed by atoms with Gasteiger partial charge in [-0.3, -0.25) is 0 Å². The summed E-state index contributed by atoms with van der Waals surface area (Å²) in [6.45, 7) is 8.95. The van der Waals surface area contributed by atoms with Crippen LogP contribution in [0.5, 0.6) is 0 Å². The summed E-state index contributed by atoms with van der Waals surface area (Å²) in [5.41, 5.74) is 7.68. The Labute approximate surface area is 294 Å². The van der Waals surface area contributed by atoms with Crippen molar-refractivity contribution in [3.8, 4) is 0 Å². The molecule has 3 heterocycles.